The van der Waals surface area contributed by atoms with Gasteiger partial charge in [-0.3, -0.25) is 0 Å². The molecule has 1 aromatic carbocycles. The van der Waals surface area contributed by atoms with Crippen LogP contribution in [-0.4, -0.2) is 31.2 Å². The summed E-state index contributed by atoms with van der Waals surface area (Å²) in [6.07, 6.45) is 5.80. The number of methoxy groups -OCH3 is 1. The van der Waals surface area contributed by atoms with Crippen LogP contribution in [0.1, 0.15) is 37.3 Å². The van der Waals surface area contributed by atoms with Gasteiger partial charge in [-0.15, -0.1) is 0 Å². The van der Waals surface area contributed by atoms with Crippen molar-refractivity contribution < 1.29 is 9.53 Å². The quantitative estimate of drug-likeness (QED) is 0.859. The molecule has 1 heterocycles. The molecule has 1 aliphatic rings. The van der Waals surface area contributed by atoms with Crippen LogP contribution in [0.15, 0.2) is 24.8 Å². The molecule has 4 heteroatoms. The molecule has 23 heavy (non-hydrogen) atoms. The second-order valence-electron chi connectivity index (χ2n) is 6.45. The highest BCUT2D eigenvalue weighted by molar-refractivity contribution is 5.67. The molecule has 0 saturated carbocycles. The third-order valence-corrected chi connectivity index (χ3v) is 5.01. The van der Waals surface area contributed by atoms with Crippen LogP contribution in [0.4, 0.5) is 10.5 Å². The molecule has 1 aliphatic heterocycles. The average molecular weight is 316 g/mol. The van der Waals surface area contributed by atoms with Gasteiger partial charge in [0, 0.05) is 18.8 Å². The van der Waals surface area contributed by atoms with Crippen molar-refractivity contribution in [3.63, 3.8) is 0 Å². The second kappa shape index (κ2) is 8.04. The lowest BCUT2D eigenvalue weighted by Gasteiger charge is -2.31. The molecule has 0 aliphatic carbocycles. The number of ether oxygens (including phenoxy) is 1. The summed E-state index contributed by atoms with van der Waals surface area (Å²) in [4.78, 5) is 13.5. The van der Waals surface area contributed by atoms with Gasteiger partial charge in [0.1, 0.15) is 0 Å². The summed E-state index contributed by atoms with van der Waals surface area (Å²) < 4.78 is 4.85. The lowest BCUT2D eigenvalue weighted by atomic mass is 9.80. The summed E-state index contributed by atoms with van der Waals surface area (Å²) in [5.74, 6) is 1.16. The van der Waals surface area contributed by atoms with Crippen molar-refractivity contribution in [2.45, 2.75) is 32.6 Å². The Morgan fingerprint density at radius 3 is 2.91 bits per heavy atom. The third kappa shape index (κ3) is 4.27. The predicted molar refractivity (Wildman–Crippen MR) is 95.1 cm³/mol. The van der Waals surface area contributed by atoms with E-state index in [1.54, 1.807) is 0 Å². The summed E-state index contributed by atoms with van der Waals surface area (Å²) in [6.45, 7) is 7.73. The summed E-state index contributed by atoms with van der Waals surface area (Å²) in [5, 5.41) is 0. The number of hydrogen-bond acceptors (Lipinski definition) is 3. The average Bonchev–Trinajstić information content (AvgIpc) is 2.54. The molecular formula is C19H28N2O2. The van der Waals surface area contributed by atoms with E-state index in [9.17, 15) is 4.79 Å². The first-order valence-corrected chi connectivity index (χ1v) is 8.39. The molecule has 1 aromatic rings. The zero-order chi connectivity index (χ0) is 16.8. The second-order valence-corrected chi connectivity index (χ2v) is 6.45. The van der Waals surface area contributed by atoms with Crippen molar-refractivity contribution in [1.29, 1.82) is 0 Å². The van der Waals surface area contributed by atoms with E-state index >= 15 is 0 Å². The van der Waals surface area contributed by atoms with Crippen LogP contribution < -0.4 is 5.73 Å². The fourth-order valence-electron chi connectivity index (χ4n) is 3.49. The van der Waals surface area contributed by atoms with E-state index in [1.165, 1.54) is 12.7 Å². The van der Waals surface area contributed by atoms with Gasteiger partial charge in [-0.2, -0.15) is 0 Å². The van der Waals surface area contributed by atoms with E-state index in [1.807, 2.05) is 23.1 Å². The van der Waals surface area contributed by atoms with Crippen molar-refractivity contribution >= 4 is 17.9 Å². The lowest BCUT2D eigenvalue weighted by molar-refractivity contribution is 0.111. The minimum atomic E-state index is -0.208. The number of likely N-dealkylation sites (tertiary alicyclic amines) is 1. The van der Waals surface area contributed by atoms with Gasteiger partial charge in [0.25, 0.3) is 0 Å². The number of amides is 1. The molecule has 4 nitrogen and oxygen atoms in total. The Bertz CT molecular complexity index is 556. The fraction of sp³-hybridized carbons (Fsp3) is 0.526. The monoisotopic (exact) mass is 316 g/mol. The van der Waals surface area contributed by atoms with Crippen molar-refractivity contribution in [3.8, 4) is 0 Å². The highest BCUT2D eigenvalue weighted by atomic mass is 16.5. The Morgan fingerprint density at radius 2 is 2.22 bits per heavy atom. The van der Waals surface area contributed by atoms with Crippen LogP contribution in [0.2, 0.25) is 0 Å². The highest BCUT2D eigenvalue weighted by Gasteiger charge is 2.24. The number of carbonyl (C=O) groups excluding carboxylic acids is 1. The van der Waals surface area contributed by atoms with Crippen molar-refractivity contribution in [3.05, 3.63) is 35.9 Å². The molecule has 2 rings (SSSR count). The molecule has 0 bridgehead atoms. The van der Waals surface area contributed by atoms with E-state index in [4.69, 9.17) is 10.5 Å². The highest BCUT2D eigenvalue weighted by Crippen LogP contribution is 2.30. The zero-order valence-corrected chi connectivity index (χ0v) is 14.3. The Hall–Kier alpha value is -1.97. The maximum absolute atomic E-state index is 11.7. The Morgan fingerprint density at radius 1 is 1.43 bits per heavy atom. The smallest absolute Gasteiger partial charge is 0.409 e. The molecule has 1 fully saturated rings. The molecule has 1 saturated heterocycles. The Labute approximate surface area is 139 Å². The Kier molecular flexibility index (Phi) is 6.08. The van der Waals surface area contributed by atoms with Gasteiger partial charge < -0.3 is 15.4 Å². The maximum atomic E-state index is 11.7. The van der Waals surface area contributed by atoms with E-state index in [0.717, 1.165) is 50.0 Å². The Balaban J connectivity index is 2.06. The number of hydrogen-bond donors (Lipinski definition) is 1. The number of nitrogen functional groups attached to an aromatic ring is 1. The normalized spacial score (nSPS) is 22.1. The van der Waals surface area contributed by atoms with Crippen LogP contribution in [0.3, 0.4) is 0 Å². The summed E-state index contributed by atoms with van der Waals surface area (Å²) in [6, 6.07) is 6.10. The number of rotatable bonds is 3. The first-order chi connectivity index (χ1) is 11.1. The van der Waals surface area contributed by atoms with Gasteiger partial charge in [0.2, 0.25) is 0 Å². The molecule has 126 valence electrons. The molecule has 1 amide bonds. The first-order valence-electron chi connectivity index (χ1n) is 8.39. The number of nitrogens with zero attached hydrogens (tertiary/aromatic N) is 1. The van der Waals surface area contributed by atoms with E-state index < -0.39 is 0 Å². The standard InChI is InChI=1S/C19H28N2O2/c1-4-17-16(7-5-9-18(17)20)13-15-8-6-11-21(19(22)23-3)12-10-14(15)2/h4-5,7,9,14-15H,1,6,8,10-13,20H2,2-3H3. The number of benzene rings is 1. The molecule has 0 spiro atoms. The van der Waals surface area contributed by atoms with Crippen LogP contribution in [-0.2, 0) is 11.2 Å². The molecule has 0 radical (unpaired) electrons. The summed E-state index contributed by atoms with van der Waals surface area (Å²) >= 11 is 0. The van der Waals surface area contributed by atoms with Gasteiger partial charge >= 0.3 is 6.09 Å². The summed E-state index contributed by atoms with van der Waals surface area (Å²) in [5.41, 5.74) is 9.21. The van der Waals surface area contributed by atoms with E-state index in [-0.39, 0.29) is 6.09 Å². The zero-order valence-electron chi connectivity index (χ0n) is 14.3. The molecule has 0 aromatic heterocycles. The molecular weight excluding hydrogens is 288 g/mol. The SMILES string of the molecule is C=Cc1c(N)cccc1CC1CCCN(C(=O)OC)CCC1C. The minimum Gasteiger partial charge on any atom is -0.453 e. The van der Waals surface area contributed by atoms with Gasteiger partial charge in [-0.05, 0) is 54.7 Å². The van der Waals surface area contributed by atoms with Gasteiger partial charge in [-0.25, -0.2) is 4.79 Å². The lowest BCUT2D eigenvalue weighted by Crippen LogP contribution is -2.36. The number of carbonyl (C=O) groups is 1. The maximum Gasteiger partial charge on any atom is 0.409 e. The van der Waals surface area contributed by atoms with E-state index in [0.29, 0.717) is 11.8 Å². The van der Waals surface area contributed by atoms with Gasteiger partial charge in [0.15, 0.2) is 0 Å². The fourth-order valence-corrected chi connectivity index (χ4v) is 3.49. The van der Waals surface area contributed by atoms with Gasteiger partial charge in [0.05, 0.1) is 7.11 Å². The van der Waals surface area contributed by atoms with Crippen molar-refractivity contribution in [2.75, 3.05) is 25.9 Å². The van der Waals surface area contributed by atoms with Gasteiger partial charge in [-0.1, -0.05) is 31.7 Å². The topological polar surface area (TPSA) is 55.6 Å². The molecule has 2 unspecified atom stereocenters. The van der Waals surface area contributed by atoms with E-state index in [2.05, 4.69) is 19.6 Å². The first kappa shape index (κ1) is 17.4. The van der Waals surface area contributed by atoms with Crippen LogP contribution >= 0.6 is 0 Å². The summed E-state index contributed by atoms with van der Waals surface area (Å²) in [7, 11) is 1.45. The predicted octanol–water partition coefficient (Wildman–Crippen LogP) is 3.96. The van der Waals surface area contributed by atoms with Crippen LogP contribution in [0, 0.1) is 11.8 Å². The molecule has 2 atom stereocenters. The van der Waals surface area contributed by atoms with Crippen LogP contribution in [0.5, 0.6) is 0 Å². The van der Waals surface area contributed by atoms with Crippen LogP contribution in [0.25, 0.3) is 6.08 Å². The third-order valence-electron chi connectivity index (χ3n) is 5.01. The largest absolute Gasteiger partial charge is 0.453 e. The number of anilines is 1. The minimum absolute atomic E-state index is 0.208. The van der Waals surface area contributed by atoms with Crippen molar-refractivity contribution in [2.24, 2.45) is 11.8 Å². The molecule has 2 N–H and O–H groups in total. The number of nitrogens with two attached hydrogens (primary N) is 1. The van der Waals surface area contributed by atoms with Crippen molar-refractivity contribution in [1.82, 2.24) is 4.90 Å².